The van der Waals surface area contributed by atoms with Crippen LogP contribution in [0, 0.1) is 5.92 Å². The van der Waals surface area contributed by atoms with Crippen LogP contribution < -0.4 is 12.4 Å². The van der Waals surface area contributed by atoms with Crippen molar-refractivity contribution >= 4 is 23.1 Å². The summed E-state index contributed by atoms with van der Waals surface area (Å²) < 4.78 is 4.94. The fourth-order valence-corrected chi connectivity index (χ4v) is 0.510. The van der Waals surface area contributed by atoms with Gasteiger partial charge >= 0.3 is 23.1 Å². The number of halogens is 1. The molecule has 0 radical (unpaired) electrons. The third-order valence-electron chi connectivity index (χ3n) is 0.827. The molecule has 11 heavy (non-hydrogen) atoms. The van der Waals surface area contributed by atoms with Crippen molar-refractivity contribution in [1.29, 1.82) is 0 Å². The Bertz CT molecular complexity index is 45.7. The summed E-state index contributed by atoms with van der Waals surface area (Å²) >= 11 is 0. The van der Waals surface area contributed by atoms with Gasteiger partial charge in [-0.1, -0.05) is 0 Å². The van der Waals surface area contributed by atoms with Gasteiger partial charge in [0.05, 0.1) is 0 Å². The SMILES string of the molecule is C1CCOC1.C[C-](C)C.[Cl-].[Mg+2]. The molecule has 0 aliphatic carbocycles. The molecule has 0 atom stereocenters. The molecule has 0 aromatic rings. The molecule has 0 aromatic heterocycles. The van der Waals surface area contributed by atoms with Gasteiger partial charge in [-0.05, 0) is 12.8 Å². The summed E-state index contributed by atoms with van der Waals surface area (Å²) in [6, 6.07) is 0. The minimum Gasteiger partial charge on any atom is -1.00 e. The summed E-state index contributed by atoms with van der Waals surface area (Å²) in [5.41, 5.74) is 0. The smallest absolute Gasteiger partial charge is 1.00 e. The van der Waals surface area contributed by atoms with E-state index in [-0.39, 0.29) is 35.5 Å². The summed E-state index contributed by atoms with van der Waals surface area (Å²) in [7, 11) is 0. The Kier molecular flexibility index (Phi) is 22.2. The first-order chi connectivity index (χ1) is 4.23. The van der Waals surface area contributed by atoms with E-state index in [0.29, 0.717) is 0 Å². The van der Waals surface area contributed by atoms with Crippen LogP contribution in [0.1, 0.15) is 33.6 Å². The van der Waals surface area contributed by atoms with Gasteiger partial charge in [-0.15, -0.1) is 0 Å². The maximum atomic E-state index is 4.94. The van der Waals surface area contributed by atoms with Gasteiger partial charge in [0.2, 0.25) is 0 Å². The van der Waals surface area contributed by atoms with Crippen LogP contribution in [0.25, 0.3) is 0 Å². The van der Waals surface area contributed by atoms with Crippen LogP contribution in [0.15, 0.2) is 0 Å². The first-order valence-corrected chi connectivity index (χ1v) is 3.58. The van der Waals surface area contributed by atoms with E-state index in [4.69, 9.17) is 4.74 Å². The zero-order valence-electron chi connectivity index (χ0n) is 7.82. The van der Waals surface area contributed by atoms with E-state index in [0.717, 1.165) is 13.2 Å². The molecule has 1 fully saturated rings. The Morgan fingerprint density at radius 3 is 1.36 bits per heavy atom. The largest absolute Gasteiger partial charge is 2.00 e. The second-order valence-electron chi connectivity index (χ2n) is 2.82. The van der Waals surface area contributed by atoms with E-state index >= 15 is 0 Å². The molecule has 1 heterocycles. The van der Waals surface area contributed by atoms with Gasteiger partial charge in [-0.2, -0.15) is 20.8 Å². The van der Waals surface area contributed by atoms with E-state index in [1.165, 1.54) is 18.8 Å². The van der Waals surface area contributed by atoms with Gasteiger partial charge in [0.15, 0.2) is 0 Å². The number of rotatable bonds is 0. The third kappa shape index (κ3) is 24.7. The number of ether oxygens (including phenoxy) is 1. The quantitative estimate of drug-likeness (QED) is 0.352. The second kappa shape index (κ2) is 13.6. The predicted octanol–water partition coefficient (Wildman–Crippen LogP) is -0.959. The Hall–Kier alpha value is 1.02. The van der Waals surface area contributed by atoms with Crippen molar-refractivity contribution in [2.45, 2.75) is 33.6 Å². The molecule has 0 aromatic carbocycles. The molecule has 1 nitrogen and oxygen atoms in total. The van der Waals surface area contributed by atoms with Gasteiger partial charge in [0, 0.05) is 13.2 Å². The monoisotopic (exact) mass is 188 g/mol. The van der Waals surface area contributed by atoms with Crippen molar-refractivity contribution in [3.8, 4) is 0 Å². The molecule has 0 spiro atoms. The van der Waals surface area contributed by atoms with E-state index in [9.17, 15) is 0 Å². The van der Waals surface area contributed by atoms with Gasteiger partial charge < -0.3 is 23.1 Å². The zero-order valence-corrected chi connectivity index (χ0v) is 9.99. The Labute approximate surface area is 92.8 Å². The van der Waals surface area contributed by atoms with Crippen LogP contribution in [0.2, 0.25) is 0 Å². The number of hydrogen-bond acceptors (Lipinski definition) is 1. The summed E-state index contributed by atoms with van der Waals surface area (Å²) in [5, 5.41) is 0. The van der Waals surface area contributed by atoms with E-state index < -0.39 is 0 Å². The maximum Gasteiger partial charge on any atom is 2.00 e. The molecule has 0 unspecified atom stereocenters. The fourth-order valence-electron chi connectivity index (χ4n) is 0.510. The Morgan fingerprint density at radius 1 is 1.00 bits per heavy atom. The van der Waals surface area contributed by atoms with Crippen molar-refractivity contribution in [3.63, 3.8) is 0 Å². The molecule has 1 aliphatic heterocycles. The standard InChI is InChI=1S/C4H8O.C4H9.ClH.Mg/c1-2-4-5-3-1;1-4(2)3;;/h1-4H2;1-3H3;1H;/q;-1;;+2/p-1. The molecule has 0 amide bonds. The first-order valence-electron chi connectivity index (χ1n) is 3.58. The van der Waals surface area contributed by atoms with Gasteiger partial charge in [-0.3, -0.25) is 0 Å². The van der Waals surface area contributed by atoms with Gasteiger partial charge in [0.1, 0.15) is 0 Å². The maximum absolute atomic E-state index is 4.94. The van der Waals surface area contributed by atoms with Gasteiger partial charge in [0.25, 0.3) is 0 Å². The molecule has 1 rings (SSSR count). The van der Waals surface area contributed by atoms with Crippen molar-refractivity contribution in [2.75, 3.05) is 13.2 Å². The topological polar surface area (TPSA) is 9.23 Å². The summed E-state index contributed by atoms with van der Waals surface area (Å²) in [5.74, 6) is 1.42. The molecule has 64 valence electrons. The molecule has 0 bridgehead atoms. The van der Waals surface area contributed by atoms with Crippen molar-refractivity contribution in [1.82, 2.24) is 0 Å². The van der Waals surface area contributed by atoms with Crippen molar-refractivity contribution in [2.24, 2.45) is 0 Å². The minimum absolute atomic E-state index is 0. The van der Waals surface area contributed by atoms with E-state index in [2.05, 4.69) is 20.8 Å². The third-order valence-corrected chi connectivity index (χ3v) is 0.827. The molecule has 3 heteroatoms. The van der Waals surface area contributed by atoms with Crippen LogP contribution >= 0.6 is 0 Å². The summed E-state index contributed by atoms with van der Waals surface area (Å²) in [6.07, 6.45) is 2.56. The molecular formula is C8H17ClMgO. The second-order valence-corrected chi connectivity index (χ2v) is 2.82. The minimum atomic E-state index is 0. The van der Waals surface area contributed by atoms with Crippen LogP contribution in [0.5, 0.6) is 0 Å². The molecule has 1 saturated heterocycles. The Balaban J connectivity index is -0.000000101. The van der Waals surface area contributed by atoms with Crippen LogP contribution in [-0.2, 0) is 4.74 Å². The van der Waals surface area contributed by atoms with E-state index in [1.54, 1.807) is 0 Å². The average molecular weight is 189 g/mol. The predicted molar refractivity (Wildman–Crippen MR) is 46.1 cm³/mol. The summed E-state index contributed by atoms with van der Waals surface area (Å²) in [6.45, 7) is 8.25. The van der Waals surface area contributed by atoms with Crippen LogP contribution in [0.4, 0.5) is 0 Å². The Morgan fingerprint density at radius 2 is 1.27 bits per heavy atom. The normalized spacial score (nSPS) is 14.2. The summed E-state index contributed by atoms with van der Waals surface area (Å²) in [4.78, 5) is 0. The van der Waals surface area contributed by atoms with Gasteiger partial charge in [-0.25, -0.2) is 0 Å². The fraction of sp³-hybridized carbons (Fsp3) is 0.875. The van der Waals surface area contributed by atoms with Crippen LogP contribution in [0.3, 0.4) is 0 Å². The van der Waals surface area contributed by atoms with E-state index in [1.807, 2.05) is 0 Å². The molecular weight excluding hydrogens is 172 g/mol. The first kappa shape index (κ1) is 17.9. The van der Waals surface area contributed by atoms with Crippen molar-refractivity contribution in [3.05, 3.63) is 5.92 Å². The van der Waals surface area contributed by atoms with Crippen LogP contribution in [-0.4, -0.2) is 36.3 Å². The molecule has 1 aliphatic rings. The average Bonchev–Trinajstić information content (AvgIpc) is 2.11. The number of hydrogen-bond donors (Lipinski definition) is 0. The zero-order chi connectivity index (χ0) is 7.11. The van der Waals surface area contributed by atoms with Crippen molar-refractivity contribution < 1.29 is 17.1 Å². The molecule has 0 N–H and O–H groups in total. The molecule has 0 saturated carbocycles.